The number of nitro benzene ring substituents is 1. The van der Waals surface area contributed by atoms with E-state index in [1.165, 1.54) is 0 Å². The van der Waals surface area contributed by atoms with E-state index in [4.69, 9.17) is 4.74 Å². The summed E-state index contributed by atoms with van der Waals surface area (Å²) in [5.74, 6) is -1.89. The summed E-state index contributed by atoms with van der Waals surface area (Å²) in [5.41, 5.74) is -0.562. The lowest BCUT2D eigenvalue weighted by Crippen LogP contribution is -2.14. The molecule has 0 amide bonds. The van der Waals surface area contributed by atoms with Crippen LogP contribution in [-0.4, -0.2) is 29.9 Å². The Morgan fingerprint density at radius 1 is 1.33 bits per heavy atom. The Bertz CT molecular complexity index is 545. The summed E-state index contributed by atoms with van der Waals surface area (Å²) < 4.78 is 22.6. The minimum Gasteiger partial charge on any atom is -0.479 e. The van der Waals surface area contributed by atoms with Gasteiger partial charge in [0.2, 0.25) is 0 Å². The molecular weight excluding hydrogens is 285 g/mol. The quantitative estimate of drug-likeness (QED) is 0.414. The Morgan fingerprint density at radius 3 is 2.67 bits per heavy atom. The van der Waals surface area contributed by atoms with E-state index in [1.807, 2.05) is 0 Å². The van der Waals surface area contributed by atoms with Gasteiger partial charge in [-0.05, 0) is 19.1 Å². The predicted octanol–water partition coefficient (Wildman–Crippen LogP) is 2.03. The third kappa shape index (κ3) is 5.55. The Labute approximate surface area is 119 Å². The monoisotopic (exact) mass is 299 g/mol. The number of halogens is 1. The SMILES string of the molecule is CCOC(=O)CCC(=O)COc1ccc(F)cc1[N+](=O)[O-]. The molecule has 0 fully saturated rings. The summed E-state index contributed by atoms with van der Waals surface area (Å²) in [6.45, 7) is 1.44. The van der Waals surface area contributed by atoms with Crippen LogP contribution >= 0.6 is 0 Å². The van der Waals surface area contributed by atoms with Crippen LogP contribution in [0, 0.1) is 15.9 Å². The van der Waals surface area contributed by atoms with E-state index >= 15 is 0 Å². The molecule has 0 spiro atoms. The van der Waals surface area contributed by atoms with E-state index in [-0.39, 0.29) is 25.2 Å². The number of nitro groups is 1. The molecule has 21 heavy (non-hydrogen) atoms. The van der Waals surface area contributed by atoms with Crippen molar-refractivity contribution in [3.63, 3.8) is 0 Å². The number of hydrogen-bond donors (Lipinski definition) is 0. The van der Waals surface area contributed by atoms with E-state index in [2.05, 4.69) is 4.74 Å². The van der Waals surface area contributed by atoms with Crippen molar-refractivity contribution in [2.24, 2.45) is 0 Å². The molecule has 0 aromatic heterocycles. The molecule has 1 rings (SSSR count). The van der Waals surface area contributed by atoms with Crippen LogP contribution in [0.25, 0.3) is 0 Å². The van der Waals surface area contributed by atoms with Gasteiger partial charge in [0, 0.05) is 6.42 Å². The second-order valence-electron chi connectivity index (χ2n) is 4.00. The fraction of sp³-hybridized carbons (Fsp3) is 0.385. The largest absolute Gasteiger partial charge is 0.479 e. The van der Waals surface area contributed by atoms with E-state index < -0.39 is 34.8 Å². The summed E-state index contributed by atoms with van der Waals surface area (Å²) in [5, 5.41) is 10.7. The predicted molar refractivity (Wildman–Crippen MR) is 69.4 cm³/mol. The smallest absolute Gasteiger partial charge is 0.313 e. The first-order chi connectivity index (χ1) is 9.93. The van der Waals surface area contributed by atoms with Crippen LogP contribution in [0.5, 0.6) is 5.75 Å². The molecule has 114 valence electrons. The summed E-state index contributed by atoms with van der Waals surface area (Å²) >= 11 is 0. The lowest BCUT2D eigenvalue weighted by Gasteiger charge is -2.06. The minimum absolute atomic E-state index is 0.0818. The molecule has 0 heterocycles. The van der Waals surface area contributed by atoms with Gasteiger partial charge in [0.05, 0.1) is 24.0 Å². The number of carbonyl (C=O) groups is 2. The van der Waals surface area contributed by atoms with Gasteiger partial charge in [-0.3, -0.25) is 19.7 Å². The van der Waals surface area contributed by atoms with Crippen LogP contribution in [0.15, 0.2) is 18.2 Å². The number of rotatable bonds is 8. The van der Waals surface area contributed by atoms with Gasteiger partial charge in [-0.1, -0.05) is 0 Å². The molecule has 0 radical (unpaired) electrons. The van der Waals surface area contributed by atoms with Crippen molar-refractivity contribution in [2.75, 3.05) is 13.2 Å². The van der Waals surface area contributed by atoms with Gasteiger partial charge in [0.1, 0.15) is 12.4 Å². The van der Waals surface area contributed by atoms with Crippen molar-refractivity contribution in [1.82, 2.24) is 0 Å². The number of ketones is 1. The van der Waals surface area contributed by atoms with Crippen molar-refractivity contribution in [3.8, 4) is 5.75 Å². The number of esters is 1. The maximum Gasteiger partial charge on any atom is 0.313 e. The van der Waals surface area contributed by atoms with Crippen molar-refractivity contribution in [2.45, 2.75) is 19.8 Å². The zero-order valence-corrected chi connectivity index (χ0v) is 11.3. The van der Waals surface area contributed by atoms with E-state index in [1.54, 1.807) is 6.92 Å². The highest BCUT2D eigenvalue weighted by atomic mass is 19.1. The third-order valence-corrected chi connectivity index (χ3v) is 2.42. The Morgan fingerprint density at radius 2 is 2.05 bits per heavy atom. The first kappa shape index (κ1) is 16.5. The van der Waals surface area contributed by atoms with E-state index in [9.17, 15) is 24.1 Å². The first-order valence-electron chi connectivity index (χ1n) is 6.18. The summed E-state index contributed by atoms with van der Waals surface area (Å²) in [4.78, 5) is 32.5. The molecule has 0 saturated carbocycles. The Balaban J connectivity index is 2.53. The second-order valence-corrected chi connectivity index (χ2v) is 4.00. The fourth-order valence-corrected chi connectivity index (χ4v) is 1.46. The number of ether oxygens (including phenoxy) is 2. The Hall–Kier alpha value is -2.51. The van der Waals surface area contributed by atoms with Gasteiger partial charge in [-0.2, -0.15) is 0 Å². The second kappa shape index (κ2) is 7.93. The van der Waals surface area contributed by atoms with Gasteiger partial charge >= 0.3 is 11.7 Å². The third-order valence-electron chi connectivity index (χ3n) is 2.42. The van der Waals surface area contributed by atoms with Crippen molar-refractivity contribution < 1.29 is 28.4 Å². The summed E-state index contributed by atoms with van der Waals surface area (Å²) in [7, 11) is 0. The topological polar surface area (TPSA) is 95.7 Å². The van der Waals surface area contributed by atoms with Crippen LogP contribution in [-0.2, 0) is 14.3 Å². The number of nitrogens with zero attached hydrogens (tertiary/aromatic N) is 1. The highest BCUT2D eigenvalue weighted by Crippen LogP contribution is 2.27. The average Bonchev–Trinajstić information content (AvgIpc) is 2.44. The standard InChI is InChI=1S/C13H14FNO6/c1-2-20-13(17)6-4-10(16)8-21-12-5-3-9(14)7-11(12)15(18)19/h3,5,7H,2,4,6,8H2,1H3. The molecule has 0 bridgehead atoms. The molecule has 0 aliphatic heterocycles. The van der Waals surface area contributed by atoms with Crippen LogP contribution in [0.1, 0.15) is 19.8 Å². The maximum absolute atomic E-state index is 12.9. The molecule has 0 N–H and O–H groups in total. The van der Waals surface area contributed by atoms with E-state index in [0.717, 1.165) is 12.1 Å². The van der Waals surface area contributed by atoms with Crippen LogP contribution in [0.3, 0.4) is 0 Å². The van der Waals surface area contributed by atoms with Gasteiger partial charge in [0.15, 0.2) is 11.5 Å². The van der Waals surface area contributed by atoms with Crippen molar-refractivity contribution in [3.05, 3.63) is 34.1 Å². The fourth-order valence-electron chi connectivity index (χ4n) is 1.46. The number of Topliss-reactive ketones (excluding diaryl/α,β-unsaturated/α-hetero) is 1. The van der Waals surface area contributed by atoms with Crippen LogP contribution < -0.4 is 4.74 Å². The molecule has 0 unspecified atom stereocenters. The van der Waals surface area contributed by atoms with Crippen LogP contribution in [0.2, 0.25) is 0 Å². The molecule has 0 atom stereocenters. The van der Waals surface area contributed by atoms with Crippen molar-refractivity contribution in [1.29, 1.82) is 0 Å². The molecular formula is C13H14FNO6. The van der Waals surface area contributed by atoms with Gasteiger partial charge in [-0.15, -0.1) is 0 Å². The maximum atomic E-state index is 12.9. The Kier molecular flexibility index (Phi) is 6.25. The minimum atomic E-state index is -0.804. The molecule has 8 heteroatoms. The van der Waals surface area contributed by atoms with Crippen molar-refractivity contribution >= 4 is 17.4 Å². The number of benzene rings is 1. The molecule has 0 aliphatic carbocycles. The van der Waals surface area contributed by atoms with E-state index in [0.29, 0.717) is 6.07 Å². The lowest BCUT2D eigenvalue weighted by molar-refractivity contribution is -0.386. The molecule has 0 aliphatic rings. The lowest BCUT2D eigenvalue weighted by atomic mass is 10.2. The zero-order valence-electron chi connectivity index (χ0n) is 11.3. The molecule has 7 nitrogen and oxygen atoms in total. The normalized spacial score (nSPS) is 10.0. The first-order valence-corrected chi connectivity index (χ1v) is 6.18. The van der Waals surface area contributed by atoms with Gasteiger partial charge < -0.3 is 9.47 Å². The number of carbonyl (C=O) groups excluding carboxylic acids is 2. The summed E-state index contributed by atoms with van der Waals surface area (Å²) in [6.07, 6.45) is -0.171. The van der Waals surface area contributed by atoms with Gasteiger partial charge in [-0.25, -0.2) is 4.39 Å². The molecule has 0 saturated heterocycles. The molecule has 1 aromatic carbocycles. The highest BCUT2D eigenvalue weighted by molar-refractivity contribution is 5.84. The molecule has 1 aromatic rings. The van der Waals surface area contributed by atoms with Gasteiger partial charge in [0.25, 0.3) is 0 Å². The van der Waals surface area contributed by atoms with Crippen LogP contribution in [0.4, 0.5) is 10.1 Å². The summed E-state index contributed by atoms with van der Waals surface area (Å²) in [6, 6.07) is 2.77. The number of hydrogen-bond acceptors (Lipinski definition) is 6. The average molecular weight is 299 g/mol. The zero-order chi connectivity index (χ0) is 15.8. The highest BCUT2D eigenvalue weighted by Gasteiger charge is 2.17.